The lowest BCUT2D eigenvalue weighted by molar-refractivity contribution is 0.0952. The summed E-state index contributed by atoms with van der Waals surface area (Å²) in [6, 6.07) is 6.68. The van der Waals surface area contributed by atoms with Gasteiger partial charge in [0.15, 0.2) is 5.82 Å². The summed E-state index contributed by atoms with van der Waals surface area (Å²) in [5.41, 5.74) is 1.85. The first-order chi connectivity index (χ1) is 13.4. The van der Waals surface area contributed by atoms with Crippen LogP contribution in [0.1, 0.15) is 16.8 Å². The first-order valence-corrected chi connectivity index (χ1v) is 8.83. The van der Waals surface area contributed by atoms with E-state index in [9.17, 15) is 13.6 Å². The molecule has 1 aromatic carbocycles. The molecule has 0 unspecified atom stereocenters. The molecule has 0 aliphatic rings. The van der Waals surface area contributed by atoms with Crippen LogP contribution in [0.3, 0.4) is 0 Å². The Balaban J connectivity index is 1.67. The lowest BCUT2D eigenvalue weighted by Crippen LogP contribution is -2.27. The summed E-state index contributed by atoms with van der Waals surface area (Å²) < 4.78 is 28.3. The van der Waals surface area contributed by atoms with Gasteiger partial charge >= 0.3 is 0 Å². The molecule has 1 amide bonds. The summed E-state index contributed by atoms with van der Waals surface area (Å²) >= 11 is 0. The van der Waals surface area contributed by atoms with E-state index in [1.807, 2.05) is 14.1 Å². The number of nitrogens with zero attached hydrogens (tertiary/aromatic N) is 4. The predicted molar refractivity (Wildman–Crippen MR) is 102 cm³/mol. The molecule has 3 aromatic rings. The van der Waals surface area contributed by atoms with Gasteiger partial charge in [0.25, 0.3) is 5.91 Å². The Kier molecular flexibility index (Phi) is 6.10. The van der Waals surface area contributed by atoms with E-state index in [0.717, 1.165) is 19.0 Å². The maximum absolute atomic E-state index is 13.9. The average Bonchev–Trinajstić information content (AvgIpc) is 3.15. The Hall–Kier alpha value is -3.13. The smallest absolute Gasteiger partial charge is 0.252 e. The molecule has 28 heavy (non-hydrogen) atoms. The zero-order chi connectivity index (χ0) is 20.1. The highest BCUT2D eigenvalue weighted by Crippen LogP contribution is 2.20. The molecule has 8 heteroatoms. The van der Waals surface area contributed by atoms with E-state index in [1.165, 1.54) is 29.2 Å². The molecule has 0 radical (unpaired) electrons. The monoisotopic (exact) mass is 385 g/mol. The van der Waals surface area contributed by atoms with Crippen LogP contribution in [0.25, 0.3) is 16.9 Å². The molecule has 0 saturated heterocycles. The molecule has 2 aromatic heterocycles. The van der Waals surface area contributed by atoms with Crippen molar-refractivity contribution in [3.63, 3.8) is 0 Å². The number of hydrogen-bond donors (Lipinski definition) is 1. The van der Waals surface area contributed by atoms with Gasteiger partial charge in [-0.2, -0.15) is 5.10 Å². The minimum absolute atomic E-state index is 0.140. The molecule has 6 nitrogen and oxygen atoms in total. The van der Waals surface area contributed by atoms with Gasteiger partial charge in [-0.25, -0.2) is 13.5 Å². The molecular weight excluding hydrogens is 364 g/mol. The predicted octanol–water partition coefficient (Wildman–Crippen LogP) is 2.89. The molecule has 0 aliphatic carbocycles. The summed E-state index contributed by atoms with van der Waals surface area (Å²) in [6.07, 6.45) is 5.49. The number of nitrogens with one attached hydrogen (secondary N) is 1. The van der Waals surface area contributed by atoms with Crippen molar-refractivity contribution in [2.45, 2.75) is 6.42 Å². The van der Waals surface area contributed by atoms with Crippen LogP contribution in [0.15, 0.2) is 48.9 Å². The Morgan fingerprint density at radius 3 is 2.68 bits per heavy atom. The van der Waals surface area contributed by atoms with Crippen molar-refractivity contribution in [2.75, 3.05) is 27.2 Å². The van der Waals surface area contributed by atoms with Gasteiger partial charge in [0.05, 0.1) is 17.5 Å². The molecule has 0 saturated carbocycles. The van der Waals surface area contributed by atoms with E-state index in [0.29, 0.717) is 23.4 Å². The van der Waals surface area contributed by atoms with Crippen molar-refractivity contribution in [3.8, 4) is 16.9 Å². The number of pyridine rings is 1. The largest absolute Gasteiger partial charge is 0.352 e. The van der Waals surface area contributed by atoms with Crippen LogP contribution in [-0.2, 0) is 0 Å². The molecule has 1 N–H and O–H groups in total. The van der Waals surface area contributed by atoms with Gasteiger partial charge < -0.3 is 10.2 Å². The van der Waals surface area contributed by atoms with Crippen LogP contribution in [0.2, 0.25) is 0 Å². The van der Waals surface area contributed by atoms with Crippen molar-refractivity contribution >= 4 is 5.91 Å². The second-order valence-electron chi connectivity index (χ2n) is 6.61. The van der Waals surface area contributed by atoms with E-state index in [1.54, 1.807) is 18.3 Å². The fourth-order valence-electron chi connectivity index (χ4n) is 2.65. The lowest BCUT2D eigenvalue weighted by atomic mass is 10.2. The summed E-state index contributed by atoms with van der Waals surface area (Å²) in [7, 11) is 3.97. The second kappa shape index (κ2) is 8.71. The van der Waals surface area contributed by atoms with Crippen LogP contribution in [0.5, 0.6) is 0 Å². The Morgan fingerprint density at radius 1 is 1.18 bits per heavy atom. The molecule has 3 rings (SSSR count). The fraction of sp³-hybridized carbons (Fsp3) is 0.250. The van der Waals surface area contributed by atoms with Crippen LogP contribution in [0.4, 0.5) is 8.78 Å². The van der Waals surface area contributed by atoms with Gasteiger partial charge in [0, 0.05) is 30.6 Å². The van der Waals surface area contributed by atoms with Crippen molar-refractivity contribution in [2.24, 2.45) is 0 Å². The maximum Gasteiger partial charge on any atom is 0.252 e. The van der Waals surface area contributed by atoms with Crippen LogP contribution in [0, 0.1) is 11.6 Å². The van der Waals surface area contributed by atoms with E-state index < -0.39 is 11.6 Å². The second-order valence-corrected chi connectivity index (χ2v) is 6.61. The van der Waals surface area contributed by atoms with E-state index in [4.69, 9.17) is 0 Å². The van der Waals surface area contributed by atoms with E-state index in [2.05, 4.69) is 20.3 Å². The van der Waals surface area contributed by atoms with Gasteiger partial charge in [0.2, 0.25) is 0 Å². The number of aromatic nitrogens is 3. The third-order valence-corrected chi connectivity index (χ3v) is 4.13. The summed E-state index contributed by atoms with van der Waals surface area (Å²) in [6.45, 7) is 1.49. The standard InChI is InChI=1S/C20H21F2N5O/c1-26(2)9-3-8-23-20(28)14-4-6-18(24-11-14)15-12-25-27(13-15)19-7-5-16(21)10-17(19)22/h4-7,10-13H,3,8-9H2,1-2H3,(H,23,28). The van der Waals surface area contributed by atoms with Gasteiger partial charge in [-0.15, -0.1) is 0 Å². The van der Waals surface area contributed by atoms with Crippen molar-refractivity contribution in [1.82, 2.24) is 25.0 Å². The average molecular weight is 385 g/mol. The fourth-order valence-corrected chi connectivity index (χ4v) is 2.65. The first-order valence-electron chi connectivity index (χ1n) is 8.83. The number of rotatable bonds is 7. The molecule has 146 valence electrons. The van der Waals surface area contributed by atoms with Gasteiger partial charge in [-0.3, -0.25) is 9.78 Å². The van der Waals surface area contributed by atoms with Crippen molar-refractivity contribution in [3.05, 3.63) is 66.1 Å². The number of carbonyl (C=O) groups is 1. The normalized spacial score (nSPS) is 11.0. The Labute approximate surface area is 161 Å². The Bertz CT molecular complexity index is 953. The highest BCUT2D eigenvalue weighted by atomic mass is 19.1. The maximum atomic E-state index is 13.9. The quantitative estimate of drug-likeness (QED) is 0.636. The summed E-state index contributed by atoms with van der Waals surface area (Å²) in [5.74, 6) is -1.53. The third kappa shape index (κ3) is 4.77. The molecule has 0 bridgehead atoms. The molecular formula is C20H21F2N5O. The number of halogens is 2. The van der Waals surface area contributed by atoms with Crippen LogP contribution in [-0.4, -0.2) is 52.8 Å². The lowest BCUT2D eigenvalue weighted by Gasteiger charge is -2.09. The zero-order valence-corrected chi connectivity index (χ0v) is 15.7. The highest BCUT2D eigenvalue weighted by molar-refractivity contribution is 5.94. The molecule has 0 atom stereocenters. The molecule has 0 fully saturated rings. The zero-order valence-electron chi connectivity index (χ0n) is 15.7. The molecule has 0 spiro atoms. The highest BCUT2D eigenvalue weighted by Gasteiger charge is 2.11. The van der Waals surface area contributed by atoms with Crippen LogP contribution >= 0.6 is 0 Å². The molecule has 2 heterocycles. The van der Waals surface area contributed by atoms with Gasteiger partial charge in [0.1, 0.15) is 11.5 Å². The van der Waals surface area contributed by atoms with Gasteiger partial charge in [-0.05, 0) is 51.3 Å². The minimum Gasteiger partial charge on any atom is -0.352 e. The van der Waals surface area contributed by atoms with Gasteiger partial charge in [-0.1, -0.05) is 0 Å². The van der Waals surface area contributed by atoms with Crippen LogP contribution < -0.4 is 5.32 Å². The van der Waals surface area contributed by atoms with Crippen molar-refractivity contribution < 1.29 is 13.6 Å². The number of hydrogen-bond acceptors (Lipinski definition) is 4. The summed E-state index contributed by atoms with van der Waals surface area (Å²) in [4.78, 5) is 18.5. The minimum atomic E-state index is -0.705. The summed E-state index contributed by atoms with van der Waals surface area (Å²) in [5, 5.41) is 6.96. The topological polar surface area (TPSA) is 63.1 Å². The van der Waals surface area contributed by atoms with E-state index in [-0.39, 0.29) is 11.6 Å². The van der Waals surface area contributed by atoms with Crippen molar-refractivity contribution in [1.29, 1.82) is 0 Å². The first kappa shape index (κ1) is 19.6. The van der Waals surface area contributed by atoms with E-state index >= 15 is 0 Å². The SMILES string of the molecule is CN(C)CCCNC(=O)c1ccc(-c2cnn(-c3ccc(F)cc3F)c2)nc1. The molecule has 0 aliphatic heterocycles. The third-order valence-electron chi connectivity index (χ3n) is 4.13. The number of benzene rings is 1. The number of amides is 1. The Morgan fingerprint density at radius 2 is 2.00 bits per heavy atom. The number of carbonyl (C=O) groups excluding carboxylic acids is 1.